The summed E-state index contributed by atoms with van der Waals surface area (Å²) in [7, 11) is 1.54. The minimum atomic E-state index is -0.105. The Kier molecular flexibility index (Phi) is 7.14. The fourth-order valence-corrected chi connectivity index (χ4v) is 1.79. The Morgan fingerprint density at radius 1 is 1.32 bits per heavy atom. The molecule has 0 spiro atoms. The summed E-state index contributed by atoms with van der Waals surface area (Å²) in [4.78, 5) is 13.9. The molecule has 1 aromatic rings. The van der Waals surface area contributed by atoms with Crippen molar-refractivity contribution < 1.29 is 4.74 Å². The van der Waals surface area contributed by atoms with Crippen LogP contribution in [0.3, 0.4) is 0 Å². The lowest BCUT2D eigenvalue weighted by Crippen LogP contribution is -2.34. The second-order valence-corrected chi connectivity index (χ2v) is 4.21. The van der Waals surface area contributed by atoms with Gasteiger partial charge in [-0.25, -0.2) is 4.68 Å². The van der Waals surface area contributed by atoms with Crippen LogP contribution in [0.2, 0.25) is 0 Å². The zero-order chi connectivity index (χ0) is 14.1. The second-order valence-electron chi connectivity index (χ2n) is 4.21. The molecule has 0 aliphatic rings. The van der Waals surface area contributed by atoms with Gasteiger partial charge in [-0.05, 0) is 13.1 Å². The monoisotopic (exact) mass is 268 g/mol. The Morgan fingerprint density at radius 3 is 2.68 bits per heavy atom. The fourth-order valence-electron chi connectivity index (χ4n) is 1.79. The molecule has 0 bridgehead atoms. The Hall–Kier alpha value is -1.40. The molecule has 6 nitrogen and oxygen atoms in total. The molecule has 0 radical (unpaired) electrons. The first kappa shape index (κ1) is 15.7. The Morgan fingerprint density at radius 2 is 2.05 bits per heavy atom. The van der Waals surface area contributed by atoms with Gasteiger partial charge in [0.15, 0.2) is 0 Å². The Balaban J connectivity index is 2.31. The van der Waals surface area contributed by atoms with Gasteiger partial charge in [-0.3, -0.25) is 4.79 Å². The standard InChI is InChI=1S/C13H24N4O2/c1-4-16(5-2)10-8-14-9-11-17-13(18)7-6-12(15-17)19-3/h6-7,14H,4-5,8-11H2,1-3H3. The molecule has 0 amide bonds. The highest BCUT2D eigenvalue weighted by molar-refractivity contribution is 5.05. The number of aromatic nitrogens is 2. The molecule has 0 aliphatic carbocycles. The lowest BCUT2D eigenvalue weighted by Gasteiger charge is -2.18. The predicted octanol–water partition coefficient (Wildman–Crippen LogP) is 0.183. The van der Waals surface area contributed by atoms with Crippen LogP contribution in [0.15, 0.2) is 16.9 Å². The molecule has 0 aliphatic heterocycles. The van der Waals surface area contributed by atoms with E-state index in [1.165, 1.54) is 10.7 Å². The van der Waals surface area contributed by atoms with Crippen molar-refractivity contribution in [1.29, 1.82) is 0 Å². The van der Waals surface area contributed by atoms with Crippen molar-refractivity contribution in [2.75, 3.05) is 39.8 Å². The number of nitrogens with zero attached hydrogens (tertiary/aromatic N) is 3. The molecule has 1 N–H and O–H groups in total. The molecule has 1 rings (SSSR count). The third kappa shape index (κ3) is 5.40. The van der Waals surface area contributed by atoms with Crippen LogP contribution in [0.5, 0.6) is 5.88 Å². The van der Waals surface area contributed by atoms with Crippen molar-refractivity contribution in [3.63, 3.8) is 0 Å². The molecule has 1 aromatic heterocycles. The van der Waals surface area contributed by atoms with Gasteiger partial charge in [0.2, 0.25) is 5.88 Å². The van der Waals surface area contributed by atoms with E-state index < -0.39 is 0 Å². The molecule has 19 heavy (non-hydrogen) atoms. The third-order valence-electron chi connectivity index (χ3n) is 3.05. The number of hydrogen-bond donors (Lipinski definition) is 1. The average molecular weight is 268 g/mol. The van der Waals surface area contributed by atoms with E-state index in [0.29, 0.717) is 12.4 Å². The maximum Gasteiger partial charge on any atom is 0.267 e. The molecule has 1 heterocycles. The summed E-state index contributed by atoms with van der Waals surface area (Å²) in [5.74, 6) is 0.461. The number of hydrogen-bond acceptors (Lipinski definition) is 5. The van der Waals surface area contributed by atoms with Crippen molar-refractivity contribution in [2.24, 2.45) is 0 Å². The van der Waals surface area contributed by atoms with Crippen LogP contribution < -0.4 is 15.6 Å². The van der Waals surface area contributed by atoms with Gasteiger partial charge in [0.25, 0.3) is 5.56 Å². The first-order chi connectivity index (χ1) is 9.21. The van der Waals surface area contributed by atoms with E-state index in [2.05, 4.69) is 29.2 Å². The molecule has 0 saturated heterocycles. The maximum atomic E-state index is 11.6. The highest BCUT2D eigenvalue weighted by Crippen LogP contribution is 1.98. The Labute approximate surface area is 114 Å². The van der Waals surface area contributed by atoms with E-state index >= 15 is 0 Å². The molecule has 0 aromatic carbocycles. The minimum absolute atomic E-state index is 0.105. The topological polar surface area (TPSA) is 59.4 Å². The van der Waals surface area contributed by atoms with Crippen LogP contribution in [0.4, 0.5) is 0 Å². The van der Waals surface area contributed by atoms with Crippen LogP contribution >= 0.6 is 0 Å². The van der Waals surface area contributed by atoms with Gasteiger partial charge in [-0.15, -0.1) is 5.10 Å². The van der Waals surface area contributed by atoms with Crippen molar-refractivity contribution in [3.8, 4) is 5.88 Å². The van der Waals surface area contributed by atoms with Crippen LogP contribution in [0.1, 0.15) is 13.8 Å². The summed E-state index contributed by atoms with van der Waals surface area (Å²) in [5.41, 5.74) is -0.105. The number of methoxy groups -OCH3 is 1. The lowest BCUT2D eigenvalue weighted by molar-refractivity contribution is 0.301. The van der Waals surface area contributed by atoms with Gasteiger partial charge >= 0.3 is 0 Å². The molecule has 0 atom stereocenters. The summed E-state index contributed by atoms with van der Waals surface area (Å²) < 4.78 is 6.42. The quantitative estimate of drug-likeness (QED) is 0.648. The van der Waals surface area contributed by atoms with Gasteiger partial charge in [0, 0.05) is 31.8 Å². The molecule has 0 fully saturated rings. The summed E-state index contributed by atoms with van der Waals surface area (Å²) in [6, 6.07) is 3.05. The van der Waals surface area contributed by atoms with E-state index in [1.54, 1.807) is 13.2 Å². The molecule has 6 heteroatoms. The first-order valence-electron chi connectivity index (χ1n) is 6.76. The zero-order valence-electron chi connectivity index (χ0n) is 12.1. The normalized spacial score (nSPS) is 10.9. The van der Waals surface area contributed by atoms with Crippen LogP contribution in [0.25, 0.3) is 0 Å². The third-order valence-corrected chi connectivity index (χ3v) is 3.05. The van der Waals surface area contributed by atoms with Crippen molar-refractivity contribution in [2.45, 2.75) is 20.4 Å². The summed E-state index contributed by atoms with van der Waals surface area (Å²) in [6.45, 7) is 9.65. The molecular formula is C13H24N4O2. The largest absolute Gasteiger partial charge is 0.480 e. The highest BCUT2D eigenvalue weighted by atomic mass is 16.5. The van der Waals surface area contributed by atoms with E-state index in [4.69, 9.17) is 4.74 Å². The van der Waals surface area contributed by atoms with E-state index in [9.17, 15) is 4.79 Å². The molecule has 0 unspecified atom stereocenters. The van der Waals surface area contributed by atoms with Crippen LogP contribution in [-0.4, -0.2) is 54.5 Å². The first-order valence-corrected chi connectivity index (χ1v) is 6.76. The van der Waals surface area contributed by atoms with Gasteiger partial charge < -0.3 is 15.0 Å². The minimum Gasteiger partial charge on any atom is -0.480 e. The van der Waals surface area contributed by atoms with Crippen LogP contribution in [-0.2, 0) is 6.54 Å². The molecular weight excluding hydrogens is 244 g/mol. The van der Waals surface area contributed by atoms with Crippen molar-refractivity contribution >= 4 is 0 Å². The molecule has 0 saturated carbocycles. The maximum absolute atomic E-state index is 11.6. The number of likely N-dealkylation sites (N-methyl/N-ethyl adjacent to an activating group) is 1. The number of nitrogens with one attached hydrogen (secondary N) is 1. The van der Waals surface area contributed by atoms with Gasteiger partial charge in [0.1, 0.15) is 0 Å². The van der Waals surface area contributed by atoms with E-state index in [-0.39, 0.29) is 5.56 Å². The highest BCUT2D eigenvalue weighted by Gasteiger charge is 2.01. The SMILES string of the molecule is CCN(CC)CCNCCn1nc(OC)ccc1=O. The Bertz CT molecular complexity index is 415. The van der Waals surface area contributed by atoms with E-state index in [0.717, 1.165) is 32.7 Å². The number of ether oxygens (including phenoxy) is 1. The van der Waals surface area contributed by atoms with E-state index in [1.807, 2.05) is 0 Å². The van der Waals surface area contributed by atoms with Gasteiger partial charge in [-0.2, -0.15) is 0 Å². The second kappa shape index (κ2) is 8.66. The smallest absolute Gasteiger partial charge is 0.267 e. The lowest BCUT2D eigenvalue weighted by atomic mass is 10.4. The van der Waals surface area contributed by atoms with Gasteiger partial charge in [0.05, 0.1) is 13.7 Å². The molecule has 108 valence electrons. The van der Waals surface area contributed by atoms with Crippen molar-refractivity contribution in [1.82, 2.24) is 20.0 Å². The van der Waals surface area contributed by atoms with Gasteiger partial charge in [-0.1, -0.05) is 13.8 Å². The zero-order valence-corrected chi connectivity index (χ0v) is 12.1. The predicted molar refractivity (Wildman–Crippen MR) is 75.7 cm³/mol. The van der Waals surface area contributed by atoms with Crippen molar-refractivity contribution in [3.05, 3.63) is 22.5 Å². The summed E-state index contributed by atoms with van der Waals surface area (Å²) >= 11 is 0. The average Bonchev–Trinajstić information content (AvgIpc) is 2.44. The summed E-state index contributed by atoms with van der Waals surface area (Å²) in [5, 5.41) is 7.40. The summed E-state index contributed by atoms with van der Waals surface area (Å²) in [6.07, 6.45) is 0. The number of rotatable bonds is 9. The van der Waals surface area contributed by atoms with Crippen LogP contribution in [0, 0.1) is 0 Å². The fraction of sp³-hybridized carbons (Fsp3) is 0.692.